The number of ether oxygens (including phenoxy) is 3. The summed E-state index contributed by atoms with van der Waals surface area (Å²) in [6.07, 6.45) is 2.52. The molecule has 0 radical (unpaired) electrons. The molecule has 2 aromatic rings. The number of rotatable bonds is 8. The molecule has 1 aromatic heterocycles. The van der Waals surface area contributed by atoms with Crippen LogP contribution in [0, 0.1) is 11.6 Å². The zero-order valence-corrected chi connectivity index (χ0v) is 21.2. The maximum Gasteiger partial charge on any atom is 0.338 e. The van der Waals surface area contributed by atoms with Gasteiger partial charge < -0.3 is 24.6 Å². The van der Waals surface area contributed by atoms with Crippen LogP contribution in [-0.4, -0.2) is 84.4 Å². The lowest BCUT2D eigenvalue weighted by molar-refractivity contribution is -0.151. The van der Waals surface area contributed by atoms with Crippen molar-refractivity contribution in [3.05, 3.63) is 63.3 Å². The average Bonchev–Trinajstić information content (AvgIpc) is 3.43. The lowest BCUT2D eigenvalue weighted by Crippen LogP contribution is -2.59. The summed E-state index contributed by atoms with van der Waals surface area (Å²) in [7, 11) is 1.25. The molecule has 4 heterocycles. The number of thiazole rings is 1. The van der Waals surface area contributed by atoms with Gasteiger partial charge in [-0.15, -0.1) is 11.3 Å². The zero-order valence-electron chi connectivity index (χ0n) is 20.4. The van der Waals surface area contributed by atoms with Crippen LogP contribution in [-0.2, 0) is 23.8 Å². The minimum atomic E-state index is -1.05. The Morgan fingerprint density at radius 3 is 2.63 bits per heavy atom. The minimum Gasteiger partial charge on any atom is -0.480 e. The number of hydrogen-bond donors (Lipinski definition) is 2. The largest absolute Gasteiger partial charge is 0.480 e. The summed E-state index contributed by atoms with van der Waals surface area (Å²) in [6, 6.07) is 2.30. The van der Waals surface area contributed by atoms with Gasteiger partial charge in [0.2, 0.25) is 0 Å². The fourth-order valence-corrected chi connectivity index (χ4v) is 5.74. The number of carbonyl (C=O) groups excluding carboxylic acids is 1. The Hall–Kier alpha value is -3.26. The first kappa shape index (κ1) is 26.4. The molecule has 0 amide bonds. The summed E-state index contributed by atoms with van der Waals surface area (Å²) >= 11 is 1.35. The number of morpholine rings is 1. The molecule has 10 nitrogen and oxygen atoms in total. The summed E-state index contributed by atoms with van der Waals surface area (Å²) in [4.78, 5) is 35.3. The zero-order chi connectivity index (χ0) is 26.8. The standard InChI is InChI=1S/C25H26F2N4O6S/c1-35-25(34)21-19(9-31-14-7-16(37-12-20(32)33)8-15(31)11-36-10-14)29-23(24-28-4-5-38-24)30-22(21)13-2-3-17(26)18(27)6-13/h2-6,14-16,22H,7-12H2,1H3,(H,29,30)(H,32,33)/t14-,15+,16?,22-/m0/s1. The van der Waals surface area contributed by atoms with E-state index in [0.717, 1.165) is 12.1 Å². The number of fused-ring (bicyclic) bond motifs is 2. The molecule has 0 saturated carbocycles. The molecular formula is C25H26F2N4O6S. The molecule has 1 unspecified atom stereocenters. The molecular weight excluding hydrogens is 522 g/mol. The maximum absolute atomic E-state index is 14.2. The number of esters is 1. The van der Waals surface area contributed by atoms with Gasteiger partial charge in [0.05, 0.1) is 32.0 Å². The Bertz CT molecular complexity index is 1260. The molecule has 0 spiro atoms. The SMILES string of the molecule is COC(=O)C1=C(CN2[C@@H]3COC[C@H]2CC(OCC(=O)O)C3)NC(c2nccs2)=N[C@H]1c1ccc(F)c(F)c1. The molecule has 202 valence electrons. The second-order valence-electron chi connectivity index (χ2n) is 9.22. The molecule has 2 saturated heterocycles. The van der Waals surface area contributed by atoms with Crippen LogP contribution >= 0.6 is 11.3 Å². The van der Waals surface area contributed by atoms with Crippen molar-refractivity contribution in [2.75, 3.05) is 33.5 Å². The fraction of sp³-hybridized carbons (Fsp3) is 0.440. The number of methoxy groups -OCH3 is 1. The van der Waals surface area contributed by atoms with Gasteiger partial charge in [-0.25, -0.2) is 23.4 Å². The van der Waals surface area contributed by atoms with Gasteiger partial charge in [-0.3, -0.25) is 9.89 Å². The van der Waals surface area contributed by atoms with Gasteiger partial charge in [0, 0.05) is 35.9 Å². The Kier molecular flexibility index (Phi) is 7.79. The van der Waals surface area contributed by atoms with Crippen LogP contribution in [0.4, 0.5) is 8.78 Å². The summed E-state index contributed by atoms with van der Waals surface area (Å²) in [5.74, 6) is -3.32. The molecule has 3 aliphatic heterocycles. The highest BCUT2D eigenvalue weighted by Gasteiger charge is 2.42. The molecule has 4 atom stereocenters. The number of aromatic nitrogens is 1. The first-order valence-corrected chi connectivity index (χ1v) is 12.9. The van der Waals surface area contributed by atoms with Gasteiger partial charge in [0.25, 0.3) is 0 Å². The maximum atomic E-state index is 14.2. The van der Waals surface area contributed by atoms with Crippen molar-refractivity contribution in [3.8, 4) is 0 Å². The lowest BCUT2D eigenvalue weighted by atomic mass is 9.90. The molecule has 0 aliphatic carbocycles. The molecule has 1 aromatic carbocycles. The number of carboxylic acid groups (broad SMARTS) is 1. The predicted molar refractivity (Wildman–Crippen MR) is 132 cm³/mol. The van der Waals surface area contributed by atoms with Crippen LogP contribution in [0.2, 0.25) is 0 Å². The third-order valence-electron chi connectivity index (χ3n) is 6.84. The number of piperidine rings is 1. The third-order valence-corrected chi connectivity index (χ3v) is 7.62. The molecule has 5 rings (SSSR count). The van der Waals surface area contributed by atoms with Gasteiger partial charge >= 0.3 is 11.9 Å². The summed E-state index contributed by atoms with van der Waals surface area (Å²) in [6.45, 7) is 0.766. The summed E-state index contributed by atoms with van der Waals surface area (Å²) in [5, 5.41) is 14.6. The van der Waals surface area contributed by atoms with Crippen LogP contribution in [0.3, 0.4) is 0 Å². The highest BCUT2D eigenvalue weighted by molar-refractivity contribution is 7.11. The molecule has 3 aliphatic rings. The molecule has 2 fully saturated rings. The van der Waals surface area contributed by atoms with Crippen molar-refractivity contribution in [2.45, 2.75) is 37.1 Å². The van der Waals surface area contributed by atoms with Gasteiger partial charge in [-0.2, -0.15) is 0 Å². The first-order valence-electron chi connectivity index (χ1n) is 12.0. The number of nitrogens with one attached hydrogen (secondary N) is 1. The van der Waals surface area contributed by atoms with E-state index in [-0.39, 0.29) is 30.4 Å². The van der Waals surface area contributed by atoms with Crippen molar-refractivity contribution in [1.29, 1.82) is 0 Å². The normalized spacial score (nSPS) is 25.5. The van der Waals surface area contributed by atoms with Gasteiger partial charge in [0.15, 0.2) is 22.5 Å². The van der Waals surface area contributed by atoms with Crippen LogP contribution in [0.25, 0.3) is 0 Å². The van der Waals surface area contributed by atoms with Gasteiger partial charge in [-0.1, -0.05) is 6.07 Å². The second-order valence-corrected chi connectivity index (χ2v) is 10.1. The molecule has 38 heavy (non-hydrogen) atoms. The van der Waals surface area contributed by atoms with Crippen LogP contribution < -0.4 is 5.32 Å². The average molecular weight is 549 g/mol. The van der Waals surface area contributed by atoms with E-state index < -0.39 is 29.6 Å². The summed E-state index contributed by atoms with van der Waals surface area (Å²) in [5.41, 5.74) is 0.984. The van der Waals surface area contributed by atoms with Crippen molar-refractivity contribution in [1.82, 2.24) is 15.2 Å². The second kappa shape index (κ2) is 11.2. The number of carboxylic acids is 1. The number of halogens is 2. The highest BCUT2D eigenvalue weighted by atomic mass is 32.1. The lowest BCUT2D eigenvalue weighted by Gasteiger charge is -2.48. The van der Waals surface area contributed by atoms with Crippen molar-refractivity contribution in [3.63, 3.8) is 0 Å². The van der Waals surface area contributed by atoms with E-state index in [1.807, 2.05) is 0 Å². The first-order chi connectivity index (χ1) is 18.3. The molecule has 2 N–H and O–H groups in total. The number of carbonyl (C=O) groups is 2. The minimum absolute atomic E-state index is 0.0848. The third kappa shape index (κ3) is 5.46. The van der Waals surface area contributed by atoms with Gasteiger partial charge in [-0.05, 0) is 30.5 Å². The fourth-order valence-electron chi connectivity index (χ4n) is 5.15. The quantitative estimate of drug-likeness (QED) is 0.479. The number of hydrogen-bond acceptors (Lipinski definition) is 10. The summed E-state index contributed by atoms with van der Waals surface area (Å²) < 4.78 is 44.4. The Morgan fingerprint density at radius 1 is 1.24 bits per heavy atom. The van der Waals surface area contributed by atoms with Crippen molar-refractivity contribution >= 4 is 29.1 Å². The van der Waals surface area contributed by atoms with Gasteiger partial charge in [0.1, 0.15) is 12.6 Å². The number of amidine groups is 1. The van der Waals surface area contributed by atoms with E-state index in [4.69, 9.17) is 19.3 Å². The van der Waals surface area contributed by atoms with E-state index >= 15 is 0 Å². The van der Waals surface area contributed by atoms with E-state index in [1.165, 1.54) is 24.5 Å². The monoisotopic (exact) mass is 548 g/mol. The highest BCUT2D eigenvalue weighted by Crippen LogP contribution is 2.36. The smallest absolute Gasteiger partial charge is 0.338 e. The van der Waals surface area contributed by atoms with Crippen LogP contribution in [0.5, 0.6) is 0 Å². The van der Waals surface area contributed by atoms with Crippen molar-refractivity contribution < 1.29 is 37.7 Å². The van der Waals surface area contributed by atoms with Crippen LogP contribution in [0.15, 0.2) is 46.0 Å². The molecule has 13 heteroatoms. The topological polar surface area (TPSA) is 123 Å². The van der Waals surface area contributed by atoms with E-state index in [1.54, 1.807) is 11.6 Å². The number of aliphatic carboxylic acids is 1. The number of nitrogens with zero attached hydrogens (tertiary/aromatic N) is 3. The van der Waals surface area contributed by atoms with Crippen molar-refractivity contribution in [2.24, 2.45) is 4.99 Å². The van der Waals surface area contributed by atoms with Crippen LogP contribution in [0.1, 0.15) is 29.5 Å². The van der Waals surface area contributed by atoms with E-state index in [2.05, 4.69) is 20.2 Å². The number of benzene rings is 1. The molecule has 2 bridgehead atoms. The van der Waals surface area contributed by atoms with E-state index in [0.29, 0.717) is 54.7 Å². The number of aliphatic imine (C=N–C) groups is 1. The Morgan fingerprint density at radius 2 is 2.00 bits per heavy atom. The Balaban J connectivity index is 1.51. The van der Waals surface area contributed by atoms with E-state index in [9.17, 15) is 18.4 Å². The predicted octanol–water partition coefficient (Wildman–Crippen LogP) is 2.27. The Labute approximate surface area is 220 Å².